The molecular weight excluding hydrogens is 1030 g/mol. The average molecular weight is 1080 g/mol. The van der Waals surface area contributed by atoms with Gasteiger partial charge in [0, 0.05) is 44.6 Å². The number of rotatable bonds is 12. The Morgan fingerprint density at radius 2 is 1.05 bits per heavy atom. The number of carbonyl (C=O) groups is 2. The predicted octanol–water partition coefficient (Wildman–Crippen LogP) is 8.36. The number of sulfonamides is 2. The van der Waals surface area contributed by atoms with Crippen LogP contribution in [-0.4, -0.2) is 112 Å². The van der Waals surface area contributed by atoms with E-state index in [4.69, 9.17) is 10.8 Å². The highest BCUT2D eigenvalue weighted by Crippen LogP contribution is 2.40. The number of hydrogen-bond acceptors (Lipinski definition) is 11. The first-order valence-electron chi connectivity index (χ1n) is 22.7. The van der Waals surface area contributed by atoms with Gasteiger partial charge in [-0.3, -0.25) is 9.59 Å². The number of allylic oxidation sites excluding steroid dienone is 4. The molecule has 0 radical (unpaired) electrons. The summed E-state index contributed by atoms with van der Waals surface area (Å²) in [6, 6.07) is 8.75. The molecule has 73 heavy (non-hydrogen) atoms. The van der Waals surface area contributed by atoms with E-state index in [0.717, 1.165) is 58.4 Å². The minimum Gasteiger partial charge on any atom is -0.480 e. The Morgan fingerprint density at radius 3 is 1.45 bits per heavy atom. The second kappa shape index (κ2) is 23.7. The topological polar surface area (TPSA) is 207 Å². The first kappa shape index (κ1) is 56.6. The maximum Gasteiger partial charge on any atom is 0.392 e. The van der Waals surface area contributed by atoms with Gasteiger partial charge in [-0.2, -0.15) is 35.0 Å². The molecule has 26 heteroatoms. The maximum atomic E-state index is 14.2. The standard InChI is InChI=1S/C24H24F5N3O3S.C12H14F3N3.C11H11F2NO4S/c25-17-5-8-20(9-6-17)36(34,35)32-13-18(26)11-22(32)23(33)10-7-19-12-21(31-14-30-19)15-1-3-16(4-2-15)24(27,28)29;13-12(14,15)9-3-1-8(2-4-9)11-5-10(6-16)17-7-18-11;12-7-1-3-9(4-2-7)19(17,18)14-6-8(13)5-10(14)11(15)16/h1,5-6,8-9,12,14,16,18,22H,2-4,7,10-11,13H2;1,5,7,9H,2-4,6,16H2;1-4,8,10H,5-6H2,(H,15,16)/t16?,18?,22-;;8-,10+/m0.1/s1. The molecule has 4 aromatic rings. The van der Waals surface area contributed by atoms with Crippen molar-refractivity contribution in [3.63, 3.8) is 0 Å². The lowest BCUT2D eigenvalue weighted by atomic mass is 9.87. The number of carbonyl (C=O) groups excluding carboxylic acids is 1. The summed E-state index contributed by atoms with van der Waals surface area (Å²) in [6.07, 6.45) is -5.58. The van der Waals surface area contributed by atoms with E-state index in [1.54, 1.807) is 18.2 Å². The van der Waals surface area contributed by atoms with Gasteiger partial charge in [0.05, 0.1) is 44.8 Å². The van der Waals surface area contributed by atoms with E-state index in [9.17, 15) is 70.3 Å². The van der Waals surface area contributed by atoms with Gasteiger partial charge in [0.25, 0.3) is 0 Å². The highest BCUT2D eigenvalue weighted by molar-refractivity contribution is 7.89. The molecule has 2 aliphatic carbocycles. The van der Waals surface area contributed by atoms with Gasteiger partial charge >= 0.3 is 18.3 Å². The van der Waals surface area contributed by atoms with E-state index in [1.165, 1.54) is 18.7 Å². The summed E-state index contributed by atoms with van der Waals surface area (Å²) in [5.74, 6) is -5.72. The van der Waals surface area contributed by atoms with Crippen molar-refractivity contribution in [3.05, 3.63) is 120 Å². The highest BCUT2D eigenvalue weighted by atomic mass is 32.2. The number of benzene rings is 2. The minimum atomic E-state index is -4.24. The van der Waals surface area contributed by atoms with Crippen molar-refractivity contribution in [1.82, 2.24) is 28.5 Å². The predicted molar refractivity (Wildman–Crippen MR) is 243 cm³/mol. The average Bonchev–Trinajstić information content (AvgIpc) is 3.97. The number of hydrogen-bond donors (Lipinski definition) is 2. The molecule has 2 saturated heterocycles. The fraction of sp³-hybridized carbons (Fsp3) is 0.447. The zero-order valence-electron chi connectivity index (χ0n) is 38.5. The second-order valence-electron chi connectivity index (χ2n) is 17.5. The van der Waals surface area contributed by atoms with Crippen LogP contribution in [0.3, 0.4) is 0 Å². The third-order valence-electron chi connectivity index (χ3n) is 12.6. The third kappa shape index (κ3) is 14.5. The third-order valence-corrected chi connectivity index (χ3v) is 16.4. The van der Waals surface area contributed by atoms with Crippen LogP contribution in [0.25, 0.3) is 11.1 Å². The van der Waals surface area contributed by atoms with Gasteiger partial charge in [-0.1, -0.05) is 12.2 Å². The summed E-state index contributed by atoms with van der Waals surface area (Å²) in [4.78, 5) is 39.7. The largest absolute Gasteiger partial charge is 0.480 e. The number of carboxylic acids is 1. The Bertz CT molecular complexity index is 2880. The summed E-state index contributed by atoms with van der Waals surface area (Å²) in [5, 5.41) is 8.92. The normalized spacial score (nSPS) is 23.1. The summed E-state index contributed by atoms with van der Waals surface area (Å²) in [7, 11) is -8.35. The number of aromatic nitrogens is 4. The minimum absolute atomic E-state index is 0.0286. The van der Waals surface area contributed by atoms with E-state index in [1.807, 2.05) is 0 Å². The highest BCUT2D eigenvalue weighted by Gasteiger charge is 2.46. The van der Waals surface area contributed by atoms with E-state index in [-0.39, 0.29) is 67.6 Å². The monoisotopic (exact) mass is 1080 g/mol. The lowest BCUT2D eigenvalue weighted by Crippen LogP contribution is -2.40. The smallest absolute Gasteiger partial charge is 0.392 e. The number of Topliss-reactive ketones (excluding diaryl/α,β-unsaturated/α-hetero) is 1. The quantitative estimate of drug-likeness (QED) is 0.128. The fourth-order valence-corrected chi connectivity index (χ4v) is 11.9. The molecule has 2 fully saturated rings. The molecule has 0 amide bonds. The molecule has 396 valence electrons. The Kier molecular flexibility index (Phi) is 18.3. The molecule has 0 spiro atoms. The molecule has 4 aliphatic rings. The molecule has 3 N–H and O–H groups in total. The van der Waals surface area contributed by atoms with Crippen LogP contribution in [0.5, 0.6) is 0 Å². The number of ketones is 1. The summed E-state index contributed by atoms with van der Waals surface area (Å²) < 4.78 is 181. The van der Waals surface area contributed by atoms with Gasteiger partial charge in [0.1, 0.15) is 42.7 Å². The number of carboxylic acid groups (broad SMARTS) is 1. The van der Waals surface area contributed by atoms with Crippen molar-refractivity contribution in [1.29, 1.82) is 0 Å². The Morgan fingerprint density at radius 1 is 0.644 bits per heavy atom. The lowest BCUT2D eigenvalue weighted by Gasteiger charge is -2.24. The van der Waals surface area contributed by atoms with Crippen LogP contribution in [0, 0.1) is 23.5 Å². The van der Waals surface area contributed by atoms with Crippen molar-refractivity contribution in [2.75, 3.05) is 13.1 Å². The van der Waals surface area contributed by atoms with Gasteiger partial charge < -0.3 is 10.8 Å². The van der Waals surface area contributed by atoms with Crippen LogP contribution in [0.4, 0.5) is 43.9 Å². The fourth-order valence-electron chi connectivity index (χ4n) is 8.59. The second-order valence-corrected chi connectivity index (χ2v) is 21.3. The molecule has 0 bridgehead atoms. The van der Waals surface area contributed by atoms with Gasteiger partial charge in [-0.25, -0.2) is 54.3 Å². The number of nitrogens with zero attached hydrogens (tertiary/aromatic N) is 6. The van der Waals surface area contributed by atoms with Crippen molar-refractivity contribution in [3.8, 4) is 0 Å². The lowest BCUT2D eigenvalue weighted by molar-refractivity contribution is -0.176. The summed E-state index contributed by atoms with van der Waals surface area (Å²) in [6.45, 7) is -0.675. The van der Waals surface area contributed by atoms with Crippen LogP contribution in [0.1, 0.15) is 80.6 Å². The number of aryl methyl sites for hydroxylation is 1. The number of nitrogens with two attached hydrogens (primary N) is 1. The molecule has 0 saturated carbocycles. The molecule has 3 unspecified atom stereocenters. The van der Waals surface area contributed by atoms with Crippen molar-refractivity contribution >= 4 is 42.9 Å². The molecule has 14 nitrogen and oxygen atoms in total. The van der Waals surface area contributed by atoms with Crippen LogP contribution in [-0.2, 0) is 42.6 Å². The number of alkyl halides is 8. The summed E-state index contributed by atoms with van der Waals surface area (Å²) >= 11 is 0. The molecule has 2 aromatic carbocycles. The molecular formula is C47H49F10N7O7S2. The first-order chi connectivity index (χ1) is 34.3. The van der Waals surface area contributed by atoms with E-state index in [0.29, 0.717) is 45.6 Å². The van der Waals surface area contributed by atoms with E-state index >= 15 is 0 Å². The zero-order chi connectivity index (χ0) is 53.5. The number of aliphatic carboxylic acids is 1. The summed E-state index contributed by atoms with van der Waals surface area (Å²) in [5.41, 5.74) is 9.33. The van der Waals surface area contributed by atoms with E-state index in [2.05, 4.69) is 19.9 Å². The molecule has 2 aliphatic heterocycles. The van der Waals surface area contributed by atoms with Crippen molar-refractivity contribution in [2.45, 2.75) is 117 Å². The van der Waals surface area contributed by atoms with Crippen molar-refractivity contribution < 1.29 is 75.4 Å². The molecule has 6 atom stereocenters. The first-order valence-corrected chi connectivity index (χ1v) is 25.6. The van der Waals surface area contributed by atoms with Gasteiger partial charge in [-0.05, 0) is 117 Å². The molecule has 4 heterocycles. The Hall–Kier alpha value is -5.70. The van der Waals surface area contributed by atoms with E-state index < -0.39 is 105 Å². The van der Waals surface area contributed by atoms with Crippen LogP contribution in [0.15, 0.2) is 95.3 Å². The molecule has 8 rings (SSSR count). The van der Waals surface area contributed by atoms with Crippen LogP contribution < -0.4 is 5.73 Å². The Balaban J connectivity index is 0.000000197. The van der Waals surface area contributed by atoms with Crippen LogP contribution in [0.2, 0.25) is 0 Å². The van der Waals surface area contributed by atoms with Crippen molar-refractivity contribution in [2.24, 2.45) is 17.6 Å². The molecule has 2 aromatic heterocycles. The van der Waals surface area contributed by atoms with Crippen LogP contribution >= 0.6 is 0 Å². The maximum absolute atomic E-state index is 14.2. The zero-order valence-corrected chi connectivity index (χ0v) is 40.1. The SMILES string of the molecule is NCc1cc(C2=CCC(C(F)(F)F)CC2)ncn1.O=C(CCc1cc(C2=CCC(C(F)(F)F)CC2)ncn1)[C@@H]1CC(F)CN1S(=O)(=O)c1ccc(F)cc1.O=C(O)[C@@H]1C[C@@H](F)CN1S(=O)(=O)c1ccc(F)cc1. The van der Waals surface area contributed by atoms with Gasteiger partial charge in [0.15, 0.2) is 5.78 Å². The number of halogens is 10. The van der Waals surface area contributed by atoms with Gasteiger partial charge in [0.2, 0.25) is 20.0 Å². The van der Waals surface area contributed by atoms with Gasteiger partial charge in [-0.15, -0.1) is 0 Å². The Labute approximate surface area is 413 Å².